The zero-order valence-corrected chi connectivity index (χ0v) is 10.3. The molecular formula is C14H19N3. The van der Waals surface area contributed by atoms with E-state index in [2.05, 4.69) is 23.3 Å². The Kier molecular flexibility index (Phi) is 4.00. The molecular weight excluding hydrogens is 210 g/mol. The normalized spacial score (nSPS) is 14.4. The lowest BCUT2D eigenvalue weighted by Crippen LogP contribution is -2.24. The van der Waals surface area contributed by atoms with Crippen molar-refractivity contribution in [2.45, 2.75) is 25.3 Å². The van der Waals surface area contributed by atoms with Gasteiger partial charge < -0.3 is 10.2 Å². The molecule has 1 aromatic rings. The molecule has 0 bridgehead atoms. The van der Waals surface area contributed by atoms with Gasteiger partial charge in [-0.3, -0.25) is 0 Å². The summed E-state index contributed by atoms with van der Waals surface area (Å²) in [7, 11) is 2.10. The average Bonchev–Trinajstić information content (AvgIpc) is 3.18. The van der Waals surface area contributed by atoms with Gasteiger partial charge >= 0.3 is 0 Å². The number of nitrogens with one attached hydrogen (secondary N) is 1. The van der Waals surface area contributed by atoms with Crippen molar-refractivity contribution in [3.05, 3.63) is 29.8 Å². The van der Waals surface area contributed by atoms with Crippen molar-refractivity contribution in [2.75, 3.05) is 25.0 Å². The third-order valence-corrected chi connectivity index (χ3v) is 3.12. The van der Waals surface area contributed by atoms with Crippen LogP contribution in [0.4, 0.5) is 5.69 Å². The van der Waals surface area contributed by atoms with E-state index in [4.69, 9.17) is 5.26 Å². The highest BCUT2D eigenvalue weighted by Crippen LogP contribution is 2.18. The number of nitriles is 1. The van der Waals surface area contributed by atoms with E-state index in [1.807, 2.05) is 24.3 Å². The van der Waals surface area contributed by atoms with E-state index >= 15 is 0 Å². The lowest BCUT2D eigenvalue weighted by atomic mass is 10.2. The predicted octanol–water partition coefficient (Wildman–Crippen LogP) is 2.14. The monoisotopic (exact) mass is 229 g/mol. The van der Waals surface area contributed by atoms with Crippen LogP contribution in [0, 0.1) is 11.3 Å². The minimum Gasteiger partial charge on any atom is -0.375 e. The van der Waals surface area contributed by atoms with Gasteiger partial charge in [0, 0.05) is 25.3 Å². The zero-order valence-electron chi connectivity index (χ0n) is 10.3. The van der Waals surface area contributed by atoms with Crippen molar-refractivity contribution in [3.63, 3.8) is 0 Å². The number of hydrogen-bond acceptors (Lipinski definition) is 3. The molecule has 0 aromatic heterocycles. The fraction of sp³-hybridized carbons (Fsp3) is 0.500. The van der Waals surface area contributed by atoms with Crippen LogP contribution in [0.2, 0.25) is 0 Å². The highest BCUT2D eigenvalue weighted by molar-refractivity contribution is 5.48. The highest BCUT2D eigenvalue weighted by Gasteiger charge is 2.19. The van der Waals surface area contributed by atoms with Gasteiger partial charge in [0.05, 0.1) is 11.6 Å². The third kappa shape index (κ3) is 3.76. The smallest absolute Gasteiger partial charge is 0.0991 e. The summed E-state index contributed by atoms with van der Waals surface area (Å²) in [6.07, 6.45) is 3.87. The Morgan fingerprint density at radius 2 is 2.06 bits per heavy atom. The SMILES string of the molecule is CN(CCCNC1CC1)c1ccc(C#N)cc1. The number of anilines is 1. The molecule has 0 aliphatic heterocycles. The second kappa shape index (κ2) is 5.70. The molecule has 1 aliphatic rings. The fourth-order valence-corrected chi connectivity index (χ4v) is 1.83. The first-order valence-corrected chi connectivity index (χ1v) is 6.24. The zero-order chi connectivity index (χ0) is 12.1. The van der Waals surface area contributed by atoms with Gasteiger partial charge in [0.2, 0.25) is 0 Å². The van der Waals surface area contributed by atoms with Crippen molar-refractivity contribution in [3.8, 4) is 6.07 Å². The van der Waals surface area contributed by atoms with Crippen LogP contribution in [0.5, 0.6) is 0 Å². The molecule has 1 N–H and O–H groups in total. The topological polar surface area (TPSA) is 39.1 Å². The maximum absolute atomic E-state index is 8.73. The molecule has 0 radical (unpaired) electrons. The molecule has 0 saturated heterocycles. The van der Waals surface area contributed by atoms with E-state index in [0.717, 1.165) is 31.1 Å². The Labute approximate surface area is 103 Å². The molecule has 0 unspecified atom stereocenters. The molecule has 3 heteroatoms. The van der Waals surface area contributed by atoms with Gasteiger partial charge in [0.15, 0.2) is 0 Å². The van der Waals surface area contributed by atoms with Crippen molar-refractivity contribution in [1.29, 1.82) is 5.26 Å². The summed E-state index contributed by atoms with van der Waals surface area (Å²) in [5.41, 5.74) is 1.90. The Bertz CT molecular complexity index is 387. The molecule has 2 rings (SSSR count). The molecule has 0 spiro atoms. The predicted molar refractivity (Wildman–Crippen MR) is 70.1 cm³/mol. The first kappa shape index (κ1) is 11.9. The van der Waals surface area contributed by atoms with Crippen LogP contribution >= 0.6 is 0 Å². The second-order valence-electron chi connectivity index (χ2n) is 4.66. The van der Waals surface area contributed by atoms with Crippen LogP contribution in [-0.2, 0) is 0 Å². The van der Waals surface area contributed by atoms with Gasteiger partial charge in [-0.1, -0.05) is 0 Å². The van der Waals surface area contributed by atoms with E-state index in [9.17, 15) is 0 Å². The number of nitrogens with zero attached hydrogens (tertiary/aromatic N) is 2. The fourth-order valence-electron chi connectivity index (χ4n) is 1.83. The van der Waals surface area contributed by atoms with Crippen molar-refractivity contribution in [1.82, 2.24) is 5.32 Å². The van der Waals surface area contributed by atoms with Gasteiger partial charge in [0.25, 0.3) is 0 Å². The number of rotatable bonds is 6. The van der Waals surface area contributed by atoms with E-state index in [0.29, 0.717) is 0 Å². The van der Waals surface area contributed by atoms with Crippen LogP contribution in [0.25, 0.3) is 0 Å². The van der Waals surface area contributed by atoms with Crippen LogP contribution in [-0.4, -0.2) is 26.2 Å². The summed E-state index contributed by atoms with van der Waals surface area (Å²) < 4.78 is 0. The van der Waals surface area contributed by atoms with Gasteiger partial charge in [-0.15, -0.1) is 0 Å². The highest BCUT2D eigenvalue weighted by atomic mass is 15.1. The molecule has 17 heavy (non-hydrogen) atoms. The first-order valence-electron chi connectivity index (χ1n) is 6.24. The molecule has 3 nitrogen and oxygen atoms in total. The molecule has 1 aliphatic carbocycles. The van der Waals surface area contributed by atoms with Crippen LogP contribution in [0.15, 0.2) is 24.3 Å². The van der Waals surface area contributed by atoms with Crippen molar-refractivity contribution in [2.24, 2.45) is 0 Å². The number of hydrogen-bond donors (Lipinski definition) is 1. The Morgan fingerprint density at radius 1 is 1.35 bits per heavy atom. The summed E-state index contributed by atoms with van der Waals surface area (Å²) >= 11 is 0. The second-order valence-corrected chi connectivity index (χ2v) is 4.66. The van der Waals surface area contributed by atoms with Gasteiger partial charge in [0.1, 0.15) is 0 Å². The first-order chi connectivity index (χ1) is 8.29. The van der Waals surface area contributed by atoms with Crippen molar-refractivity contribution >= 4 is 5.69 Å². The summed E-state index contributed by atoms with van der Waals surface area (Å²) in [6.45, 7) is 2.15. The van der Waals surface area contributed by atoms with Crippen LogP contribution < -0.4 is 10.2 Å². The quantitative estimate of drug-likeness (QED) is 0.760. The number of benzene rings is 1. The minimum absolute atomic E-state index is 0.720. The van der Waals surface area contributed by atoms with E-state index in [1.165, 1.54) is 18.5 Å². The van der Waals surface area contributed by atoms with Crippen LogP contribution in [0.3, 0.4) is 0 Å². The maximum Gasteiger partial charge on any atom is 0.0991 e. The average molecular weight is 229 g/mol. The molecule has 0 amide bonds. The summed E-state index contributed by atoms with van der Waals surface area (Å²) in [5.74, 6) is 0. The molecule has 1 saturated carbocycles. The largest absolute Gasteiger partial charge is 0.375 e. The Morgan fingerprint density at radius 3 is 2.65 bits per heavy atom. The van der Waals surface area contributed by atoms with E-state index in [1.54, 1.807) is 0 Å². The van der Waals surface area contributed by atoms with Crippen LogP contribution in [0.1, 0.15) is 24.8 Å². The lowest BCUT2D eigenvalue weighted by molar-refractivity contribution is 0.642. The van der Waals surface area contributed by atoms with Crippen molar-refractivity contribution < 1.29 is 0 Å². The van der Waals surface area contributed by atoms with Gasteiger partial charge in [-0.05, 0) is 50.1 Å². The Balaban J connectivity index is 1.73. The Hall–Kier alpha value is -1.53. The standard InChI is InChI=1S/C14H19N3/c1-17(10-2-9-16-13-5-6-13)14-7-3-12(11-15)4-8-14/h3-4,7-8,13,16H,2,5-6,9-10H2,1H3. The maximum atomic E-state index is 8.73. The summed E-state index contributed by atoms with van der Waals surface area (Å²) in [6, 6.07) is 10.7. The summed E-state index contributed by atoms with van der Waals surface area (Å²) in [5, 5.41) is 12.2. The molecule has 0 atom stereocenters. The molecule has 1 fully saturated rings. The minimum atomic E-state index is 0.720. The van der Waals surface area contributed by atoms with E-state index in [-0.39, 0.29) is 0 Å². The lowest BCUT2D eigenvalue weighted by Gasteiger charge is -2.19. The molecule has 1 aromatic carbocycles. The summed E-state index contributed by atoms with van der Waals surface area (Å²) in [4.78, 5) is 2.23. The van der Waals surface area contributed by atoms with E-state index < -0.39 is 0 Å². The molecule has 90 valence electrons. The third-order valence-electron chi connectivity index (χ3n) is 3.12. The molecule has 0 heterocycles. The van der Waals surface area contributed by atoms with Gasteiger partial charge in [-0.25, -0.2) is 0 Å². The van der Waals surface area contributed by atoms with Gasteiger partial charge in [-0.2, -0.15) is 5.26 Å².